The van der Waals surface area contributed by atoms with Gasteiger partial charge in [-0.3, -0.25) is 11.3 Å². The summed E-state index contributed by atoms with van der Waals surface area (Å²) >= 11 is 11.8. The van der Waals surface area contributed by atoms with Gasteiger partial charge in [0.15, 0.2) is 0 Å². The van der Waals surface area contributed by atoms with E-state index in [-0.39, 0.29) is 6.04 Å². The average molecular weight is 263 g/mol. The predicted octanol–water partition coefficient (Wildman–Crippen LogP) is 2.92. The second kappa shape index (κ2) is 7.09. The molecule has 3 nitrogen and oxygen atoms in total. The van der Waals surface area contributed by atoms with Crippen LogP contribution in [0.15, 0.2) is 18.2 Å². The molecule has 0 aliphatic rings. The Hall–Kier alpha value is -0.320. The Labute approximate surface area is 106 Å². The number of halogens is 2. The maximum atomic E-state index is 5.93. The molecular weight excluding hydrogens is 247 g/mol. The lowest BCUT2D eigenvalue weighted by Gasteiger charge is -2.16. The predicted molar refractivity (Wildman–Crippen MR) is 67.6 cm³/mol. The Balaban J connectivity index is 2.67. The van der Waals surface area contributed by atoms with E-state index < -0.39 is 0 Å². The normalized spacial score (nSPS) is 12.8. The molecule has 0 amide bonds. The summed E-state index contributed by atoms with van der Waals surface area (Å²) < 4.78 is 5.44. The Bertz CT molecular complexity index is 334. The van der Waals surface area contributed by atoms with Gasteiger partial charge in [0.25, 0.3) is 0 Å². The smallest absolute Gasteiger partial charge is 0.0694 e. The fourth-order valence-electron chi connectivity index (χ4n) is 1.32. The van der Waals surface area contributed by atoms with Crippen molar-refractivity contribution in [2.45, 2.75) is 19.4 Å². The highest BCUT2D eigenvalue weighted by atomic mass is 35.5. The number of nitrogens with two attached hydrogens (primary N) is 1. The van der Waals surface area contributed by atoms with Crippen LogP contribution < -0.4 is 11.3 Å². The van der Waals surface area contributed by atoms with Gasteiger partial charge >= 0.3 is 0 Å². The maximum absolute atomic E-state index is 5.93. The Morgan fingerprint density at radius 1 is 1.38 bits per heavy atom. The number of hydrogen-bond donors (Lipinski definition) is 2. The van der Waals surface area contributed by atoms with E-state index in [0.29, 0.717) is 16.7 Å². The van der Waals surface area contributed by atoms with Crippen molar-refractivity contribution in [1.29, 1.82) is 0 Å². The topological polar surface area (TPSA) is 47.3 Å². The van der Waals surface area contributed by atoms with Gasteiger partial charge in [-0.05, 0) is 24.1 Å². The van der Waals surface area contributed by atoms with Gasteiger partial charge in [-0.1, -0.05) is 36.2 Å². The van der Waals surface area contributed by atoms with Gasteiger partial charge in [0, 0.05) is 6.61 Å². The van der Waals surface area contributed by atoms with Crippen LogP contribution in [0.2, 0.25) is 10.0 Å². The average Bonchev–Trinajstić information content (AvgIpc) is 2.29. The highest BCUT2D eigenvalue weighted by molar-refractivity contribution is 6.42. The van der Waals surface area contributed by atoms with Crippen LogP contribution in [-0.4, -0.2) is 13.2 Å². The van der Waals surface area contributed by atoms with Crippen LogP contribution in [-0.2, 0) is 4.74 Å². The van der Waals surface area contributed by atoms with E-state index in [1.54, 1.807) is 12.1 Å². The number of ether oxygens (including phenoxy) is 1. The Kier molecular flexibility index (Phi) is 6.09. The molecule has 0 aromatic heterocycles. The van der Waals surface area contributed by atoms with Crippen molar-refractivity contribution in [1.82, 2.24) is 5.43 Å². The molecule has 0 radical (unpaired) electrons. The van der Waals surface area contributed by atoms with E-state index in [4.69, 9.17) is 33.8 Å². The lowest BCUT2D eigenvalue weighted by atomic mass is 10.1. The van der Waals surface area contributed by atoms with Crippen LogP contribution in [0.25, 0.3) is 0 Å². The summed E-state index contributed by atoms with van der Waals surface area (Å²) in [6, 6.07) is 5.36. The molecule has 1 aromatic rings. The summed E-state index contributed by atoms with van der Waals surface area (Å²) in [6.45, 7) is 3.30. The quantitative estimate of drug-likeness (QED) is 0.471. The molecule has 0 saturated carbocycles. The maximum Gasteiger partial charge on any atom is 0.0694 e. The molecule has 0 heterocycles. The molecule has 3 N–H and O–H groups in total. The zero-order valence-electron chi connectivity index (χ0n) is 9.17. The number of hydrogen-bond acceptors (Lipinski definition) is 3. The zero-order valence-corrected chi connectivity index (χ0v) is 10.7. The number of benzene rings is 1. The standard InChI is InChI=1S/C11H16Cl2N2O/c1-2-5-16-7-11(15-14)8-3-4-9(12)10(13)6-8/h3-4,6,11,15H,2,5,7,14H2,1H3. The van der Waals surface area contributed by atoms with Crippen molar-refractivity contribution in [3.05, 3.63) is 33.8 Å². The van der Waals surface area contributed by atoms with Gasteiger partial charge in [-0.2, -0.15) is 0 Å². The third-order valence-electron chi connectivity index (χ3n) is 2.18. The zero-order chi connectivity index (χ0) is 12.0. The molecule has 0 fully saturated rings. The molecular formula is C11H16Cl2N2O. The third kappa shape index (κ3) is 3.92. The van der Waals surface area contributed by atoms with Gasteiger partial charge in [-0.15, -0.1) is 0 Å². The highest BCUT2D eigenvalue weighted by Gasteiger charge is 2.11. The largest absolute Gasteiger partial charge is 0.379 e. The van der Waals surface area contributed by atoms with E-state index in [2.05, 4.69) is 12.3 Å². The monoisotopic (exact) mass is 262 g/mol. The summed E-state index contributed by atoms with van der Waals surface area (Å²) in [6.07, 6.45) is 0.985. The van der Waals surface area contributed by atoms with Crippen molar-refractivity contribution in [3.8, 4) is 0 Å². The Morgan fingerprint density at radius 2 is 2.12 bits per heavy atom. The summed E-state index contributed by atoms with van der Waals surface area (Å²) in [7, 11) is 0. The van der Waals surface area contributed by atoms with Gasteiger partial charge in [0.05, 0.1) is 22.7 Å². The van der Waals surface area contributed by atoms with Crippen molar-refractivity contribution in [2.75, 3.05) is 13.2 Å². The van der Waals surface area contributed by atoms with E-state index in [1.807, 2.05) is 6.07 Å². The number of hydrazine groups is 1. The highest BCUT2D eigenvalue weighted by Crippen LogP contribution is 2.25. The molecule has 90 valence electrons. The van der Waals surface area contributed by atoms with Crippen LogP contribution in [0.3, 0.4) is 0 Å². The molecule has 1 rings (SSSR count). The van der Waals surface area contributed by atoms with Crippen LogP contribution >= 0.6 is 23.2 Å². The molecule has 5 heteroatoms. The number of nitrogens with one attached hydrogen (secondary N) is 1. The molecule has 0 spiro atoms. The van der Waals surface area contributed by atoms with Crippen molar-refractivity contribution < 1.29 is 4.74 Å². The fraction of sp³-hybridized carbons (Fsp3) is 0.455. The van der Waals surface area contributed by atoms with E-state index in [0.717, 1.165) is 18.6 Å². The van der Waals surface area contributed by atoms with Gasteiger partial charge in [0.2, 0.25) is 0 Å². The van der Waals surface area contributed by atoms with Crippen LogP contribution in [0.5, 0.6) is 0 Å². The second-order valence-corrected chi connectivity index (χ2v) is 4.28. The lowest BCUT2D eigenvalue weighted by molar-refractivity contribution is 0.112. The first kappa shape index (κ1) is 13.7. The van der Waals surface area contributed by atoms with Crippen molar-refractivity contribution in [3.63, 3.8) is 0 Å². The minimum absolute atomic E-state index is 0.0682. The van der Waals surface area contributed by atoms with Crippen LogP contribution in [0.4, 0.5) is 0 Å². The third-order valence-corrected chi connectivity index (χ3v) is 2.92. The second-order valence-electron chi connectivity index (χ2n) is 3.47. The van der Waals surface area contributed by atoms with Crippen LogP contribution in [0, 0.1) is 0 Å². The summed E-state index contributed by atoms with van der Waals surface area (Å²) in [5, 5.41) is 1.06. The lowest BCUT2D eigenvalue weighted by Crippen LogP contribution is -2.31. The van der Waals surface area contributed by atoms with E-state index in [1.165, 1.54) is 0 Å². The molecule has 1 atom stereocenters. The van der Waals surface area contributed by atoms with Gasteiger partial charge in [0.1, 0.15) is 0 Å². The summed E-state index contributed by atoms with van der Waals surface area (Å²) in [4.78, 5) is 0. The van der Waals surface area contributed by atoms with Crippen molar-refractivity contribution in [2.24, 2.45) is 5.84 Å². The van der Waals surface area contributed by atoms with Gasteiger partial charge in [-0.25, -0.2) is 0 Å². The molecule has 0 aliphatic heterocycles. The van der Waals surface area contributed by atoms with Crippen LogP contribution in [0.1, 0.15) is 24.9 Å². The summed E-state index contributed by atoms with van der Waals surface area (Å²) in [5.74, 6) is 5.47. The first-order chi connectivity index (χ1) is 7.69. The Morgan fingerprint density at radius 3 is 2.69 bits per heavy atom. The minimum Gasteiger partial charge on any atom is -0.379 e. The minimum atomic E-state index is -0.0682. The number of rotatable bonds is 6. The SMILES string of the molecule is CCCOCC(NN)c1ccc(Cl)c(Cl)c1. The van der Waals surface area contributed by atoms with E-state index in [9.17, 15) is 0 Å². The fourth-order valence-corrected chi connectivity index (χ4v) is 1.62. The first-order valence-electron chi connectivity index (χ1n) is 5.17. The summed E-state index contributed by atoms with van der Waals surface area (Å²) in [5.41, 5.74) is 3.66. The molecule has 16 heavy (non-hydrogen) atoms. The molecule has 0 bridgehead atoms. The van der Waals surface area contributed by atoms with Gasteiger partial charge < -0.3 is 4.74 Å². The molecule has 0 aliphatic carbocycles. The molecule has 0 saturated heterocycles. The van der Waals surface area contributed by atoms with Crippen molar-refractivity contribution >= 4 is 23.2 Å². The first-order valence-corrected chi connectivity index (χ1v) is 5.93. The molecule has 1 aromatic carbocycles. The van der Waals surface area contributed by atoms with E-state index >= 15 is 0 Å². The molecule has 1 unspecified atom stereocenters.